The van der Waals surface area contributed by atoms with Crippen LogP contribution in [0.2, 0.25) is 5.02 Å². The first kappa shape index (κ1) is 20.9. The molecule has 0 unspecified atom stereocenters. The lowest BCUT2D eigenvalue weighted by atomic mass is 10.1. The molecule has 0 radical (unpaired) electrons. The van der Waals surface area contributed by atoms with Crippen molar-refractivity contribution in [1.29, 1.82) is 0 Å². The number of rotatable bonds is 6. The first-order chi connectivity index (χ1) is 14.5. The second-order valence-corrected chi connectivity index (χ2v) is 9.47. The van der Waals surface area contributed by atoms with Crippen LogP contribution in [-0.2, 0) is 24.2 Å². The number of esters is 1. The van der Waals surface area contributed by atoms with Crippen LogP contribution in [0, 0.1) is 6.92 Å². The summed E-state index contributed by atoms with van der Waals surface area (Å²) in [4.78, 5) is 26.7. The molecule has 5 nitrogen and oxygen atoms in total. The van der Waals surface area contributed by atoms with Gasteiger partial charge in [-0.3, -0.25) is 4.79 Å². The summed E-state index contributed by atoms with van der Waals surface area (Å²) in [5, 5.41) is 5.90. The van der Waals surface area contributed by atoms with Crippen LogP contribution in [0.15, 0.2) is 29.6 Å². The van der Waals surface area contributed by atoms with E-state index in [9.17, 15) is 9.59 Å². The molecule has 3 aromatic rings. The molecule has 0 saturated carbocycles. The number of hydrogen-bond acceptors (Lipinski definition) is 6. The fourth-order valence-electron chi connectivity index (χ4n) is 3.43. The molecule has 30 heavy (non-hydrogen) atoms. The molecule has 0 spiro atoms. The third kappa shape index (κ3) is 4.24. The van der Waals surface area contributed by atoms with Crippen LogP contribution in [0.5, 0.6) is 5.75 Å². The van der Waals surface area contributed by atoms with Crippen molar-refractivity contribution in [2.45, 2.75) is 32.8 Å². The highest BCUT2D eigenvalue weighted by Crippen LogP contribution is 2.39. The van der Waals surface area contributed by atoms with Gasteiger partial charge in [-0.15, -0.1) is 22.7 Å². The summed E-state index contributed by atoms with van der Waals surface area (Å²) in [5.74, 6) is -0.0328. The molecule has 0 bridgehead atoms. The molecule has 0 fully saturated rings. The lowest BCUT2D eigenvalue weighted by Gasteiger charge is -2.07. The maximum absolute atomic E-state index is 12.8. The maximum atomic E-state index is 12.8. The minimum Gasteiger partial charge on any atom is -0.487 e. The number of aryl methyl sites for hydroxylation is 2. The van der Waals surface area contributed by atoms with Crippen LogP contribution < -0.4 is 10.1 Å². The Hall–Kier alpha value is -2.35. The lowest BCUT2D eigenvalue weighted by Crippen LogP contribution is -2.13. The van der Waals surface area contributed by atoms with E-state index >= 15 is 0 Å². The Balaban J connectivity index is 1.46. The van der Waals surface area contributed by atoms with Crippen LogP contribution in [0.1, 0.15) is 48.0 Å². The van der Waals surface area contributed by atoms with Crippen LogP contribution >= 0.6 is 34.3 Å². The molecule has 1 aromatic carbocycles. The number of hydrogen-bond donors (Lipinski definition) is 1. The van der Waals surface area contributed by atoms with Crippen molar-refractivity contribution in [3.05, 3.63) is 66.7 Å². The van der Waals surface area contributed by atoms with Gasteiger partial charge in [-0.05, 0) is 60.9 Å². The monoisotopic (exact) mass is 461 g/mol. The Kier molecular flexibility index (Phi) is 6.13. The Morgan fingerprint density at radius 3 is 2.87 bits per heavy atom. The topological polar surface area (TPSA) is 64.6 Å². The summed E-state index contributed by atoms with van der Waals surface area (Å²) in [7, 11) is 1.36. The number of anilines is 1. The number of methoxy groups -OCH3 is 1. The average molecular weight is 462 g/mol. The summed E-state index contributed by atoms with van der Waals surface area (Å²) >= 11 is 8.97. The summed E-state index contributed by atoms with van der Waals surface area (Å²) in [6.07, 6.45) is 2.80. The van der Waals surface area contributed by atoms with E-state index in [0.717, 1.165) is 40.8 Å². The van der Waals surface area contributed by atoms with Gasteiger partial charge in [0.15, 0.2) is 0 Å². The predicted molar refractivity (Wildman–Crippen MR) is 120 cm³/mol. The third-order valence-corrected chi connectivity index (χ3v) is 7.39. The number of thiophene rings is 2. The standard InChI is InChI=1S/C22H20ClNO4S2/c1-12-6-7-15(23)16(8-12)28-10-13-9-18(29-11-13)20(25)24-21-19(22(26)27-2)14-4-3-5-17(14)30-21/h6-9,11H,3-5,10H2,1-2H3,(H,24,25). The van der Waals surface area contributed by atoms with Crippen LogP contribution in [-0.4, -0.2) is 19.0 Å². The van der Waals surface area contributed by atoms with Gasteiger partial charge in [-0.1, -0.05) is 17.7 Å². The number of ether oxygens (including phenoxy) is 2. The largest absolute Gasteiger partial charge is 0.487 e. The Labute approximate surface area is 187 Å². The van der Waals surface area contributed by atoms with Gasteiger partial charge in [0.2, 0.25) is 0 Å². The zero-order valence-electron chi connectivity index (χ0n) is 16.5. The summed E-state index contributed by atoms with van der Waals surface area (Å²) in [6, 6.07) is 7.40. The van der Waals surface area contributed by atoms with Crippen molar-refractivity contribution in [3.63, 3.8) is 0 Å². The van der Waals surface area contributed by atoms with Crippen LogP contribution in [0.25, 0.3) is 0 Å². The lowest BCUT2D eigenvalue weighted by molar-refractivity contribution is 0.0601. The molecule has 1 N–H and O–H groups in total. The third-order valence-electron chi connectivity index (χ3n) is 4.90. The van der Waals surface area contributed by atoms with E-state index in [1.165, 1.54) is 29.8 Å². The molecule has 1 aliphatic rings. The zero-order chi connectivity index (χ0) is 21.3. The molecule has 1 aliphatic carbocycles. The highest BCUT2D eigenvalue weighted by molar-refractivity contribution is 7.17. The highest BCUT2D eigenvalue weighted by Gasteiger charge is 2.28. The van der Waals surface area contributed by atoms with Gasteiger partial charge in [-0.2, -0.15) is 0 Å². The van der Waals surface area contributed by atoms with Gasteiger partial charge >= 0.3 is 5.97 Å². The van der Waals surface area contributed by atoms with Crippen molar-refractivity contribution in [1.82, 2.24) is 0 Å². The van der Waals surface area contributed by atoms with Crippen molar-refractivity contribution < 1.29 is 19.1 Å². The zero-order valence-corrected chi connectivity index (χ0v) is 18.9. The number of amides is 1. The molecule has 2 aromatic heterocycles. The number of halogens is 1. The first-order valence-electron chi connectivity index (χ1n) is 9.47. The van der Waals surface area contributed by atoms with Crippen LogP contribution in [0.4, 0.5) is 5.00 Å². The normalized spacial score (nSPS) is 12.5. The highest BCUT2D eigenvalue weighted by atomic mass is 35.5. The second kappa shape index (κ2) is 8.79. The SMILES string of the molecule is COC(=O)c1c(NC(=O)c2cc(COc3cc(C)ccc3Cl)cs2)sc2c1CCC2. The number of carbonyl (C=O) groups excluding carboxylic acids is 2. The van der Waals surface area contributed by atoms with E-state index in [4.69, 9.17) is 21.1 Å². The molecule has 1 amide bonds. The number of benzene rings is 1. The Morgan fingerprint density at radius 2 is 2.07 bits per heavy atom. The van der Waals surface area contributed by atoms with Gasteiger partial charge < -0.3 is 14.8 Å². The molecular weight excluding hydrogens is 442 g/mol. The molecule has 0 saturated heterocycles. The van der Waals surface area contributed by atoms with Crippen molar-refractivity contribution in [2.24, 2.45) is 0 Å². The quantitative estimate of drug-likeness (QED) is 0.465. The van der Waals surface area contributed by atoms with Crippen LogP contribution in [0.3, 0.4) is 0 Å². The molecule has 156 valence electrons. The van der Waals surface area contributed by atoms with E-state index in [1.807, 2.05) is 24.4 Å². The number of carbonyl (C=O) groups is 2. The minimum absolute atomic E-state index is 0.245. The molecular formula is C22H20ClNO4S2. The molecule has 4 rings (SSSR count). The van der Waals surface area contributed by atoms with Crippen molar-refractivity contribution in [2.75, 3.05) is 12.4 Å². The van der Waals surface area contributed by atoms with Gasteiger partial charge in [0, 0.05) is 10.4 Å². The van der Waals surface area contributed by atoms with Crippen molar-refractivity contribution >= 4 is 51.2 Å². The first-order valence-corrected chi connectivity index (χ1v) is 11.5. The second-order valence-electron chi connectivity index (χ2n) is 7.05. The van der Waals surface area contributed by atoms with Gasteiger partial charge in [-0.25, -0.2) is 4.79 Å². The molecule has 0 aliphatic heterocycles. The van der Waals surface area contributed by atoms with E-state index in [1.54, 1.807) is 12.1 Å². The summed E-state index contributed by atoms with van der Waals surface area (Å²) in [6.45, 7) is 2.28. The predicted octanol–water partition coefficient (Wildman–Crippen LogP) is 5.88. The molecule has 0 atom stereocenters. The number of fused-ring (bicyclic) bond motifs is 1. The van der Waals surface area contributed by atoms with Gasteiger partial charge in [0.05, 0.1) is 22.6 Å². The van der Waals surface area contributed by atoms with E-state index in [0.29, 0.717) is 32.8 Å². The smallest absolute Gasteiger partial charge is 0.341 e. The van der Waals surface area contributed by atoms with E-state index < -0.39 is 5.97 Å². The minimum atomic E-state index is -0.403. The van der Waals surface area contributed by atoms with E-state index in [-0.39, 0.29) is 5.91 Å². The van der Waals surface area contributed by atoms with E-state index in [2.05, 4.69) is 5.32 Å². The summed E-state index contributed by atoms with van der Waals surface area (Å²) < 4.78 is 10.7. The Morgan fingerprint density at radius 1 is 1.23 bits per heavy atom. The fourth-order valence-corrected chi connectivity index (χ4v) is 5.66. The fraction of sp³-hybridized carbons (Fsp3) is 0.273. The molecule has 2 heterocycles. The van der Waals surface area contributed by atoms with Gasteiger partial charge in [0.25, 0.3) is 5.91 Å². The average Bonchev–Trinajstić information content (AvgIpc) is 3.44. The van der Waals surface area contributed by atoms with Gasteiger partial charge in [0.1, 0.15) is 17.4 Å². The Bertz CT molecular complexity index is 1120. The maximum Gasteiger partial charge on any atom is 0.341 e. The summed E-state index contributed by atoms with van der Waals surface area (Å²) in [5.41, 5.74) is 3.45. The van der Waals surface area contributed by atoms with Crippen molar-refractivity contribution in [3.8, 4) is 5.75 Å². The molecule has 8 heteroatoms. The number of nitrogens with one attached hydrogen (secondary N) is 1.